The number of nitrogens with zero attached hydrogens (tertiary/aromatic N) is 2. The van der Waals surface area contributed by atoms with Crippen molar-refractivity contribution in [1.82, 2.24) is 9.55 Å². The summed E-state index contributed by atoms with van der Waals surface area (Å²) in [6, 6.07) is 1.21. The normalized spacial score (nSPS) is 30.6. The molecule has 0 bridgehead atoms. The van der Waals surface area contributed by atoms with Gasteiger partial charge in [0.25, 0.3) is 0 Å². The molecule has 1 aromatic rings. The summed E-state index contributed by atoms with van der Waals surface area (Å²) in [5.41, 5.74) is 4.33. The summed E-state index contributed by atoms with van der Waals surface area (Å²) in [4.78, 5) is 14.8. The van der Waals surface area contributed by atoms with E-state index < -0.39 is 36.7 Å². The average molecular weight is 263 g/mol. The zero-order valence-electron chi connectivity index (χ0n) is 9.03. The minimum absolute atomic E-state index is 0.0748. The summed E-state index contributed by atoms with van der Waals surface area (Å²) < 4.78 is 32.4. The van der Waals surface area contributed by atoms with Crippen LogP contribution in [0.3, 0.4) is 0 Å². The lowest BCUT2D eigenvalue weighted by molar-refractivity contribution is -0.123. The molecule has 0 radical (unpaired) electrons. The number of hydrogen-bond acceptors (Lipinski definition) is 6. The second-order valence-electron chi connectivity index (χ2n) is 3.86. The smallest absolute Gasteiger partial charge is 0.351 e. The monoisotopic (exact) mass is 263 g/mol. The van der Waals surface area contributed by atoms with Crippen LogP contribution >= 0.6 is 0 Å². The topological polar surface area (TPSA) is 111 Å². The van der Waals surface area contributed by atoms with Gasteiger partial charge in [0.15, 0.2) is 12.3 Å². The molecule has 0 saturated carbocycles. The van der Waals surface area contributed by atoms with Crippen LogP contribution in [0.1, 0.15) is 6.23 Å². The molecule has 1 aromatic heterocycles. The van der Waals surface area contributed by atoms with E-state index in [2.05, 4.69) is 4.98 Å². The molecule has 0 amide bonds. The highest BCUT2D eigenvalue weighted by atomic mass is 19.3. The largest absolute Gasteiger partial charge is 0.393 e. The molecular formula is C9H11F2N3O4. The minimum atomic E-state index is -3.65. The molecule has 7 nitrogen and oxygen atoms in total. The van der Waals surface area contributed by atoms with Gasteiger partial charge in [-0.2, -0.15) is 4.98 Å². The van der Waals surface area contributed by atoms with Gasteiger partial charge in [0, 0.05) is 6.20 Å². The van der Waals surface area contributed by atoms with Crippen LogP contribution in [0.2, 0.25) is 0 Å². The Labute approximate surface area is 99.4 Å². The highest BCUT2D eigenvalue weighted by Crippen LogP contribution is 2.40. The molecule has 1 fully saturated rings. The van der Waals surface area contributed by atoms with Gasteiger partial charge in [-0.25, -0.2) is 13.6 Å². The van der Waals surface area contributed by atoms with E-state index in [1.807, 2.05) is 0 Å². The molecule has 4 N–H and O–H groups in total. The van der Waals surface area contributed by atoms with Crippen molar-refractivity contribution in [2.24, 2.45) is 0 Å². The van der Waals surface area contributed by atoms with Crippen molar-refractivity contribution in [3.63, 3.8) is 0 Å². The third kappa shape index (κ3) is 1.85. The highest BCUT2D eigenvalue weighted by molar-refractivity contribution is 5.23. The number of aliphatic hydroxyl groups is 2. The highest BCUT2D eigenvalue weighted by Gasteiger charge is 2.59. The van der Waals surface area contributed by atoms with Gasteiger partial charge in [-0.1, -0.05) is 0 Å². The fraction of sp³-hybridized carbons (Fsp3) is 0.556. The summed E-state index contributed by atoms with van der Waals surface area (Å²) in [6.07, 6.45) is -4.65. The van der Waals surface area contributed by atoms with E-state index in [1.165, 1.54) is 6.07 Å². The maximum absolute atomic E-state index is 13.5. The van der Waals surface area contributed by atoms with E-state index in [0.717, 1.165) is 6.20 Å². The molecular weight excluding hydrogens is 252 g/mol. The van der Waals surface area contributed by atoms with Gasteiger partial charge in [0.2, 0.25) is 0 Å². The van der Waals surface area contributed by atoms with Gasteiger partial charge < -0.3 is 20.7 Å². The Kier molecular flexibility index (Phi) is 3.05. The zero-order valence-corrected chi connectivity index (χ0v) is 9.03. The quantitative estimate of drug-likeness (QED) is 0.612. The lowest BCUT2D eigenvalue weighted by Gasteiger charge is -2.18. The Morgan fingerprint density at radius 3 is 2.78 bits per heavy atom. The number of ether oxygens (including phenoxy) is 1. The van der Waals surface area contributed by atoms with Crippen molar-refractivity contribution in [3.05, 3.63) is 22.7 Å². The number of hydrogen-bond donors (Lipinski definition) is 3. The summed E-state index contributed by atoms with van der Waals surface area (Å²) >= 11 is 0. The number of aromatic nitrogens is 2. The second-order valence-corrected chi connectivity index (χ2v) is 3.86. The third-order valence-electron chi connectivity index (χ3n) is 2.69. The first-order valence-corrected chi connectivity index (χ1v) is 5.04. The van der Waals surface area contributed by atoms with Crippen LogP contribution in [0.5, 0.6) is 0 Å². The maximum atomic E-state index is 13.5. The standard InChI is InChI=1S/C9H11F2N3O4/c10-9(11)4(3-15)18-7(6(9)16)14-2-1-5(12)13-8(14)17/h1-2,4,6-7,15-16H,3H2,(H2,12,13,17)/t4-,6-,7+/m1/s1. The molecule has 1 aliphatic rings. The van der Waals surface area contributed by atoms with Crippen LogP contribution in [0, 0.1) is 0 Å². The molecule has 1 saturated heterocycles. The molecule has 18 heavy (non-hydrogen) atoms. The van der Waals surface area contributed by atoms with Gasteiger partial charge in [-0.15, -0.1) is 0 Å². The van der Waals surface area contributed by atoms with Gasteiger partial charge in [0.05, 0.1) is 6.61 Å². The Balaban J connectivity index is 2.38. The first-order chi connectivity index (χ1) is 8.37. The van der Waals surface area contributed by atoms with E-state index in [-0.39, 0.29) is 5.82 Å². The first kappa shape index (κ1) is 12.9. The fourth-order valence-corrected chi connectivity index (χ4v) is 1.72. The maximum Gasteiger partial charge on any atom is 0.351 e. The molecule has 2 heterocycles. The van der Waals surface area contributed by atoms with Gasteiger partial charge >= 0.3 is 11.6 Å². The van der Waals surface area contributed by atoms with Crippen molar-refractivity contribution in [1.29, 1.82) is 0 Å². The van der Waals surface area contributed by atoms with Gasteiger partial charge in [-0.05, 0) is 6.07 Å². The van der Waals surface area contributed by atoms with E-state index in [4.69, 9.17) is 15.6 Å². The number of nitrogen functional groups attached to an aromatic ring is 1. The van der Waals surface area contributed by atoms with Crippen LogP contribution in [-0.4, -0.2) is 44.5 Å². The molecule has 100 valence electrons. The SMILES string of the molecule is Nc1ccn([C@H]2O[C@H](CO)C(F)(F)[C@@H]2O)c(=O)n1. The zero-order chi connectivity index (χ0) is 13.5. The number of alkyl halides is 2. The van der Waals surface area contributed by atoms with Crippen LogP contribution in [-0.2, 0) is 4.74 Å². The Morgan fingerprint density at radius 2 is 2.28 bits per heavy atom. The van der Waals surface area contributed by atoms with Crippen LogP contribution < -0.4 is 11.4 Å². The predicted molar refractivity (Wildman–Crippen MR) is 54.9 cm³/mol. The molecule has 3 atom stereocenters. The van der Waals surface area contributed by atoms with Crippen molar-refractivity contribution < 1.29 is 23.7 Å². The molecule has 9 heteroatoms. The summed E-state index contributed by atoms with van der Waals surface area (Å²) in [7, 11) is 0. The summed E-state index contributed by atoms with van der Waals surface area (Å²) in [5, 5.41) is 18.2. The molecule has 0 aromatic carbocycles. The predicted octanol–water partition coefficient (Wildman–Crippen LogP) is -1.29. The first-order valence-electron chi connectivity index (χ1n) is 5.04. The lowest BCUT2D eigenvalue weighted by Crippen LogP contribution is -2.41. The molecule has 0 spiro atoms. The number of aliphatic hydroxyl groups excluding tert-OH is 2. The summed E-state index contributed by atoms with van der Waals surface area (Å²) in [6.45, 7) is -0.974. The lowest BCUT2D eigenvalue weighted by atomic mass is 10.1. The Bertz CT molecular complexity index is 507. The van der Waals surface area contributed by atoms with Crippen LogP contribution in [0.4, 0.5) is 14.6 Å². The molecule has 1 aliphatic heterocycles. The molecule has 0 unspecified atom stereocenters. The molecule has 2 rings (SSSR count). The molecule has 0 aliphatic carbocycles. The van der Waals surface area contributed by atoms with Gasteiger partial charge in [-0.3, -0.25) is 4.57 Å². The fourth-order valence-electron chi connectivity index (χ4n) is 1.72. The number of anilines is 1. The van der Waals surface area contributed by atoms with Crippen molar-refractivity contribution in [3.8, 4) is 0 Å². The van der Waals surface area contributed by atoms with Crippen molar-refractivity contribution >= 4 is 5.82 Å². The Hall–Kier alpha value is -1.58. The summed E-state index contributed by atoms with van der Waals surface area (Å²) in [5.74, 6) is -3.73. The van der Waals surface area contributed by atoms with Crippen molar-refractivity contribution in [2.45, 2.75) is 24.4 Å². The van der Waals surface area contributed by atoms with Gasteiger partial charge in [0.1, 0.15) is 11.9 Å². The Morgan fingerprint density at radius 1 is 1.61 bits per heavy atom. The van der Waals surface area contributed by atoms with Crippen LogP contribution in [0.15, 0.2) is 17.1 Å². The second kappa shape index (κ2) is 4.26. The van der Waals surface area contributed by atoms with E-state index in [0.29, 0.717) is 4.57 Å². The number of rotatable bonds is 2. The third-order valence-corrected chi connectivity index (χ3v) is 2.69. The van der Waals surface area contributed by atoms with Crippen molar-refractivity contribution in [2.75, 3.05) is 12.3 Å². The minimum Gasteiger partial charge on any atom is -0.393 e. The number of halogens is 2. The van der Waals surface area contributed by atoms with E-state index in [1.54, 1.807) is 0 Å². The van der Waals surface area contributed by atoms with Crippen LogP contribution in [0.25, 0.3) is 0 Å². The van der Waals surface area contributed by atoms with E-state index >= 15 is 0 Å². The number of nitrogens with two attached hydrogens (primary N) is 1. The average Bonchev–Trinajstić information content (AvgIpc) is 2.52. The van der Waals surface area contributed by atoms with E-state index in [9.17, 15) is 18.7 Å².